The molecule has 0 amide bonds. The van der Waals surface area contributed by atoms with Crippen LogP contribution in [0.3, 0.4) is 0 Å². The van der Waals surface area contributed by atoms with E-state index in [0.717, 1.165) is 44.0 Å². The molecule has 4 rings (SSSR count). The van der Waals surface area contributed by atoms with Crippen molar-refractivity contribution >= 4 is 0 Å². The summed E-state index contributed by atoms with van der Waals surface area (Å²) in [7, 11) is 0. The predicted octanol–water partition coefficient (Wildman–Crippen LogP) is 3.87. The van der Waals surface area contributed by atoms with Crippen LogP contribution in [0, 0.1) is 12.8 Å². The van der Waals surface area contributed by atoms with E-state index >= 15 is 0 Å². The molecular weight excluding hydrogens is 336 g/mol. The fourth-order valence-corrected chi connectivity index (χ4v) is 3.57. The number of aryl methyl sites for hydroxylation is 1. The number of hydrogen-bond donors (Lipinski definition) is 0. The first-order valence-electron chi connectivity index (χ1n) is 9.66. The Bertz CT molecular complexity index is 839. The Balaban J connectivity index is 1.31. The summed E-state index contributed by atoms with van der Waals surface area (Å²) in [6.07, 6.45) is 2.32. The molecule has 0 aliphatic carbocycles. The summed E-state index contributed by atoms with van der Waals surface area (Å²) in [6.45, 7) is 5.87. The number of para-hydroxylation sites is 1. The first-order chi connectivity index (χ1) is 13.3. The number of hydrogen-bond acceptors (Lipinski definition) is 4. The minimum Gasteiger partial charge on any atom is -0.463 e. The Labute approximate surface area is 160 Å². The fraction of sp³-hybridized carbons (Fsp3) is 0.364. The molecule has 0 saturated carbocycles. The number of likely N-dealkylation sites (tertiary alicyclic amines) is 1. The van der Waals surface area contributed by atoms with E-state index in [2.05, 4.69) is 45.3 Å². The highest BCUT2D eigenvalue weighted by atomic mass is 16.5. The summed E-state index contributed by atoms with van der Waals surface area (Å²) in [5.41, 5.74) is 2.37. The lowest BCUT2D eigenvalue weighted by molar-refractivity contribution is 0.131. The van der Waals surface area contributed by atoms with Crippen molar-refractivity contribution in [2.45, 2.75) is 26.3 Å². The highest BCUT2D eigenvalue weighted by Gasteiger charge is 2.21. The van der Waals surface area contributed by atoms with Crippen molar-refractivity contribution in [1.29, 1.82) is 0 Å². The summed E-state index contributed by atoms with van der Waals surface area (Å²) in [6, 6.07) is 21.3. The molecule has 0 bridgehead atoms. The summed E-state index contributed by atoms with van der Waals surface area (Å²) in [4.78, 5) is 6.99. The van der Waals surface area contributed by atoms with Gasteiger partial charge in [-0.2, -0.15) is 9.67 Å². The van der Waals surface area contributed by atoms with Gasteiger partial charge in [-0.1, -0.05) is 48.5 Å². The molecule has 1 aromatic heterocycles. The normalized spacial score (nSPS) is 15.7. The van der Waals surface area contributed by atoms with Gasteiger partial charge in [0.05, 0.1) is 12.3 Å². The lowest BCUT2D eigenvalue weighted by atomic mass is 9.97. The van der Waals surface area contributed by atoms with Crippen LogP contribution in [0.25, 0.3) is 5.69 Å². The van der Waals surface area contributed by atoms with Gasteiger partial charge in [0, 0.05) is 6.54 Å². The molecule has 3 aromatic rings. The molecule has 27 heavy (non-hydrogen) atoms. The van der Waals surface area contributed by atoms with E-state index in [0.29, 0.717) is 18.5 Å². The molecule has 5 heteroatoms. The minimum absolute atomic E-state index is 0.568. The molecule has 0 spiro atoms. The van der Waals surface area contributed by atoms with Gasteiger partial charge in [0.25, 0.3) is 0 Å². The zero-order chi connectivity index (χ0) is 18.5. The minimum atomic E-state index is 0.568. The van der Waals surface area contributed by atoms with Gasteiger partial charge in [-0.3, -0.25) is 4.90 Å². The maximum Gasteiger partial charge on any atom is 0.319 e. The Morgan fingerprint density at radius 2 is 1.63 bits per heavy atom. The first kappa shape index (κ1) is 17.7. The fourth-order valence-electron chi connectivity index (χ4n) is 3.57. The first-order valence-corrected chi connectivity index (χ1v) is 9.66. The maximum atomic E-state index is 6.08. The molecular formula is C22H26N4O. The van der Waals surface area contributed by atoms with Gasteiger partial charge < -0.3 is 4.74 Å². The number of piperidine rings is 1. The second kappa shape index (κ2) is 8.35. The zero-order valence-corrected chi connectivity index (χ0v) is 15.8. The van der Waals surface area contributed by atoms with E-state index in [9.17, 15) is 0 Å². The lowest BCUT2D eigenvalue weighted by Gasteiger charge is -2.31. The van der Waals surface area contributed by atoms with E-state index in [4.69, 9.17) is 4.74 Å². The molecule has 1 fully saturated rings. The Morgan fingerprint density at radius 1 is 0.963 bits per heavy atom. The van der Waals surface area contributed by atoms with Crippen molar-refractivity contribution in [3.05, 3.63) is 72.1 Å². The highest BCUT2D eigenvalue weighted by molar-refractivity contribution is 5.32. The molecule has 0 unspecified atom stereocenters. The van der Waals surface area contributed by atoms with Crippen molar-refractivity contribution in [3.8, 4) is 11.7 Å². The summed E-state index contributed by atoms with van der Waals surface area (Å²) in [5.74, 6) is 1.30. The van der Waals surface area contributed by atoms with Gasteiger partial charge in [-0.15, -0.1) is 5.10 Å². The predicted molar refractivity (Wildman–Crippen MR) is 106 cm³/mol. The third-order valence-electron chi connectivity index (χ3n) is 5.09. The van der Waals surface area contributed by atoms with E-state index in [-0.39, 0.29) is 0 Å². The van der Waals surface area contributed by atoms with Crippen molar-refractivity contribution in [1.82, 2.24) is 19.7 Å². The van der Waals surface area contributed by atoms with Crippen LogP contribution in [-0.2, 0) is 6.54 Å². The summed E-state index contributed by atoms with van der Waals surface area (Å²) < 4.78 is 7.87. The molecule has 0 atom stereocenters. The zero-order valence-electron chi connectivity index (χ0n) is 15.8. The van der Waals surface area contributed by atoms with Gasteiger partial charge >= 0.3 is 6.01 Å². The lowest BCUT2D eigenvalue weighted by Crippen LogP contribution is -2.35. The van der Waals surface area contributed by atoms with Crippen molar-refractivity contribution in [3.63, 3.8) is 0 Å². The monoisotopic (exact) mass is 362 g/mol. The van der Waals surface area contributed by atoms with Crippen LogP contribution in [0.2, 0.25) is 0 Å². The molecule has 0 radical (unpaired) electrons. The number of ether oxygens (including phenoxy) is 1. The number of nitrogens with zero attached hydrogens (tertiary/aromatic N) is 4. The van der Waals surface area contributed by atoms with Crippen LogP contribution >= 0.6 is 0 Å². The van der Waals surface area contributed by atoms with Gasteiger partial charge in [-0.05, 0) is 56.5 Å². The topological polar surface area (TPSA) is 43.2 Å². The molecule has 1 aliphatic heterocycles. The van der Waals surface area contributed by atoms with Gasteiger partial charge in [0.15, 0.2) is 5.82 Å². The van der Waals surface area contributed by atoms with Crippen molar-refractivity contribution in [2.75, 3.05) is 19.7 Å². The van der Waals surface area contributed by atoms with Crippen LogP contribution in [0.1, 0.15) is 24.2 Å². The van der Waals surface area contributed by atoms with Gasteiger partial charge in [0.1, 0.15) is 0 Å². The van der Waals surface area contributed by atoms with Crippen LogP contribution in [0.5, 0.6) is 6.01 Å². The summed E-state index contributed by atoms with van der Waals surface area (Å²) in [5, 5.41) is 4.48. The van der Waals surface area contributed by atoms with Crippen LogP contribution < -0.4 is 4.74 Å². The van der Waals surface area contributed by atoms with Crippen molar-refractivity contribution < 1.29 is 4.74 Å². The Kier molecular flexibility index (Phi) is 5.49. The molecule has 1 saturated heterocycles. The molecule has 1 aliphatic rings. The molecule has 2 aromatic carbocycles. The van der Waals surface area contributed by atoms with Crippen molar-refractivity contribution in [2.24, 2.45) is 5.92 Å². The molecule has 140 valence electrons. The summed E-state index contributed by atoms with van der Waals surface area (Å²) >= 11 is 0. The second-order valence-corrected chi connectivity index (χ2v) is 7.21. The number of rotatable bonds is 6. The average molecular weight is 362 g/mol. The smallest absolute Gasteiger partial charge is 0.319 e. The maximum absolute atomic E-state index is 6.08. The number of aromatic nitrogens is 3. The number of benzene rings is 2. The quantitative estimate of drug-likeness (QED) is 0.668. The van der Waals surface area contributed by atoms with Crippen LogP contribution in [0.15, 0.2) is 60.7 Å². The SMILES string of the molecule is Cc1nc(OCC2CCN(Cc3ccccc3)CC2)n(-c2ccccc2)n1. The standard InChI is InChI=1S/C22H26N4O/c1-18-23-22(26(24-18)21-10-6-3-7-11-21)27-17-20-12-14-25(15-13-20)16-19-8-4-2-5-9-19/h2-11,20H,12-17H2,1H3. The average Bonchev–Trinajstić information content (AvgIpc) is 3.09. The molecule has 2 heterocycles. The van der Waals surface area contributed by atoms with E-state index in [1.807, 2.05) is 37.3 Å². The van der Waals surface area contributed by atoms with E-state index in [1.165, 1.54) is 5.56 Å². The Morgan fingerprint density at radius 3 is 2.33 bits per heavy atom. The Hall–Kier alpha value is -2.66. The van der Waals surface area contributed by atoms with Crippen LogP contribution in [0.4, 0.5) is 0 Å². The van der Waals surface area contributed by atoms with E-state index in [1.54, 1.807) is 4.68 Å². The largest absolute Gasteiger partial charge is 0.463 e. The van der Waals surface area contributed by atoms with Gasteiger partial charge in [0.2, 0.25) is 0 Å². The van der Waals surface area contributed by atoms with E-state index < -0.39 is 0 Å². The van der Waals surface area contributed by atoms with Gasteiger partial charge in [-0.25, -0.2) is 0 Å². The van der Waals surface area contributed by atoms with Crippen LogP contribution in [-0.4, -0.2) is 39.4 Å². The third kappa shape index (κ3) is 4.55. The second-order valence-electron chi connectivity index (χ2n) is 7.21. The highest BCUT2D eigenvalue weighted by Crippen LogP contribution is 2.21. The molecule has 5 nitrogen and oxygen atoms in total. The molecule has 0 N–H and O–H groups in total. The third-order valence-corrected chi connectivity index (χ3v) is 5.09.